The average molecular weight is 356 g/mol. The van der Waals surface area contributed by atoms with Crippen molar-refractivity contribution in [2.75, 3.05) is 13.7 Å². The number of halogens is 3. The number of methoxy groups -OCH3 is 1. The summed E-state index contributed by atoms with van der Waals surface area (Å²) in [5.41, 5.74) is 0.482. The van der Waals surface area contributed by atoms with E-state index in [4.69, 9.17) is 4.74 Å². The summed E-state index contributed by atoms with van der Waals surface area (Å²) in [5.74, 6) is -1.57. The molecule has 0 amide bonds. The van der Waals surface area contributed by atoms with E-state index >= 15 is 0 Å². The highest BCUT2D eigenvalue weighted by molar-refractivity contribution is 5.75. The molecule has 3 rings (SSSR count). The first-order valence-electron chi connectivity index (χ1n) is 7.41. The second-order valence-corrected chi connectivity index (χ2v) is 5.58. The van der Waals surface area contributed by atoms with Crippen LogP contribution in [0.2, 0.25) is 0 Å². The molecule has 0 fully saturated rings. The maximum absolute atomic E-state index is 12.9. The summed E-state index contributed by atoms with van der Waals surface area (Å²) in [5, 5.41) is 16.4. The molecule has 2 heterocycles. The number of fused-ring (bicyclic) bond motifs is 1. The molecular formula is C15H15F3N4O3. The molecule has 10 heteroatoms. The first kappa shape index (κ1) is 17.2. The highest BCUT2D eigenvalue weighted by Crippen LogP contribution is 2.32. The molecule has 1 N–H and O–H groups in total. The standard InChI is InChI=1S/C15H15F3N4O3/c1-25-10-4-2-3-9(7-10)12(13(23)24)21-5-6-22-11(8-21)19-20-14(22)15(16,17)18/h2-4,7,12H,5-6,8H2,1H3,(H,23,24). The van der Waals surface area contributed by atoms with E-state index in [1.807, 2.05) is 0 Å². The summed E-state index contributed by atoms with van der Waals surface area (Å²) in [6, 6.07) is 5.57. The van der Waals surface area contributed by atoms with Crippen LogP contribution in [0.3, 0.4) is 0 Å². The summed E-state index contributed by atoms with van der Waals surface area (Å²) in [7, 11) is 1.47. The Hall–Kier alpha value is -2.62. The summed E-state index contributed by atoms with van der Waals surface area (Å²) >= 11 is 0. The average Bonchev–Trinajstić information content (AvgIpc) is 2.98. The number of hydrogen-bond donors (Lipinski definition) is 1. The van der Waals surface area contributed by atoms with E-state index in [0.29, 0.717) is 11.3 Å². The minimum atomic E-state index is -4.59. The van der Waals surface area contributed by atoms with Gasteiger partial charge in [-0.3, -0.25) is 9.69 Å². The zero-order valence-electron chi connectivity index (χ0n) is 13.2. The molecule has 2 aromatic rings. The van der Waals surface area contributed by atoms with Crippen LogP contribution in [0.1, 0.15) is 23.3 Å². The van der Waals surface area contributed by atoms with E-state index in [0.717, 1.165) is 4.57 Å². The predicted molar refractivity (Wildman–Crippen MR) is 78.8 cm³/mol. The van der Waals surface area contributed by atoms with Crippen molar-refractivity contribution < 1.29 is 27.8 Å². The number of carboxylic acids is 1. The third kappa shape index (κ3) is 3.29. The molecule has 1 aliphatic heterocycles. The number of ether oxygens (including phenoxy) is 1. The first-order valence-corrected chi connectivity index (χ1v) is 7.41. The third-order valence-electron chi connectivity index (χ3n) is 4.04. The van der Waals surface area contributed by atoms with Gasteiger partial charge in [0.1, 0.15) is 17.6 Å². The molecule has 0 saturated carbocycles. The van der Waals surface area contributed by atoms with Gasteiger partial charge in [0.05, 0.1) is 13.7 Å². The van der Waals surface area contributed by atoms with Crippen molar-refractivity contribution in [3.8, 4) is 5.75 Å². The van der Waals surface area contributed by atoms with Crippen LogP contribution in [0.15, 0.2) is 24.3 Å². The molecule has 1 unspecified atom stereocenters. The quantitative estimate of drug-likeness (QED) is 0.902. The van der Waals surface area contributed by atoms with Crippen LogP contribution in [0.5, 0.6) is 5.75 Å². The fraction of sp³-hybridized carbons (Fsp3) is 0.400. The predicted octanol–water partition coefficient (Wildman–Crippen LogP) is 1.95. The van der Waals surface area contributed by atoms with Crippen LogP contribution in [-0.2, 0) is 24.1 Å². The Morgan fingerprint density at radius 2 is 2.08 bits per heavy atom. The van der Waals surface area contributed by atoms with Crippen molar-refractivity contribution in [2.45, 2.75) is 25.3 Å². The number of aliphatic carboxylic acids is 1. The van der Waals surface area contributed by atoms with Gasteiger partial charge in [0.2, 0.25) is 5.82 Å². The van der Waals surface area contributed by atoms with Gasteiger partial charge in [-0.2, -0.15) is 13.2 Å². The normalized spacial score (nSPS) is 16.3. The molecule has 0 radical (unpaired) electrons. The van der Waals surface area contributed by atoms with E-state index in [9.17, 15) is 23.1 Å². The summed E-state index contributed by atoms with van der Waals surface area (Å²) in [4.78, 5) is 13.3. The van der Waals surface area contributed by atoms with Gasteiger partial charge in [-0.15, -0.1) is 10.2 Å². The molecule has 0 spiro atoms. The van der Waals surface area contributed by atoms with Gasteiger partial charge in [-0.05, 0) is 17.7 Å². The second kappa shape index (κ2) is 6.36. The third-order valence-corrected chi connectivity index (χ3v) is 4.04. The smallest absolute Gasteiger partial charge is 0.451 e. The van der Waals surface area contributed by atoms with Crippen molar-refractivity contribution in [3.05, 3.63) is 41.5 Å². The number of rotatable bonds is 4. The lowest BCUT2D eigenvalue weighted by Crippen LogP contribution is -2.40. The topological polar surface area (TPSA) is 80.5 Å². The highest BCUT2D eigenvalue weighted by atomic mass is 19.4. The molecular weight excluding hydrogens is 341 g/mol. The summed E-state index contributed by atoms with van der Waals surface area (Å²) in [6.07, 6.45) is -4.59. The monoisotopic (exact) mass is 356 g/mol. The van der Waals surface area contributed by atoms with Crippen LogP contribution < -0.4 is 4.74 Å². The molecule has 134 valence electrons. The minimum absolute atomic E-state index is 0.0368. The van der Waals surface area contributed by atoms with Crippen molar-refractivity contribution in [1.29, 1.82) is 0 Å². The van der Waals surface area contributed by atoms with Crippen molar-refractivity contribution >= 4 is 5.97 Å². The largest absolute Gasteiger partial charge is 0.497 e. The lowest BCUT2D eigenvalue weighted by Gasteiger charge is -2.32. The molecule has 0 aliphatic carbocycles. The molecule has 1 aliphatic rings. The Bertz CT molecular complexity index is 791. The number of nitrogens with zero attached hydrogens (tertiary/aromatic N) is 4. The van der Waals surface area contributed by atoms with Gasteiger partial charge < -0.3 is 14.4 Å². The fourth-order valence-electron chi connectivity index (χ4n) is 2.93. The summed E-state index contributed by atoms with van der Waals surface area (Å²) < 4.78 is 44.8. The molecule has 25 heavy (non-hydrogen) atoms. The van der Waals surface area contributed by atoms with Crippen LogP contribution >= 0.6 is 0 Å². The maximum atomic E-state index is 12.9. The van der Waals surface area contributed by atoms with Gasteiger partial charge >= 0.3 is 12.1 Å². The number of carboxylic acid groups (broad SMARTS) is 1. The number of hydrogen-bond acceptors (Lipinski definition) is 5. The molecule has 7 nitrogen and oxygen atoms in total. The zero-order chi connectivity index (χ0) is 18.2. The van der Waals surface area contributed by atoms with Crippen LogP contribution in [0.4, 0.5) is 13.2 Å². The SMILES string of the molecule is COc1cccc(C(C(=O)O)N2CCn3c(nnc3C(F)(F)F)C2)c1. The second-order valence-electron chi connectivity index (χ2n) is 5.58. The number of aromatic nitrogens is 3. The molecule has 0 saturated heterocycles. The van der Waals surface area contributed by atoms with Gasteiger partial charge in [0.25, 0.3) is 0 Å². The number of carbonyl (C=O) groups is 1. The van der Waals surface area contributed by atoms with Crippen LogP contribution in [-0.4, -0.2) is 44.4 Å². The molecule has 1 aromatic heterocycles. The Balaban J connectivity index is 1.90. The van der Waals surface area contributed by atoms with E-state index in [1.165, 1.54) is 7.11 Å². The van der Waals surface area contributed by atoms with E-state index in [1.54, 1.807) is 29.2 Å². The van der Waals surface area contributed by atoms with Crippen LogP contribution in [0, 0.1) is 0 Å². The maximum Gasteiger partial charge on any atom is 0.451 e. The van der Waals surface area contributed by atoms with Crippen molar-refractivity contribution in [1.82, 2.24) is 19.7 Å². The molecule has 1 aromatic carbocycles. The summed E-state index contributed by atoms with van der Waals surface area (Å²) in [6.45, 7) is 0.0461. The Labute approximate surface area is 140 Å². The van der Waals surface area contributed by atoms with Crippen molar-refractivity contribution in [3.63, 3.8) is 0 Å². The lowest BCUT2D eigenvalue weighted by molar-refractivity contribution is -0.149. The van der Waals surface area contributed by atoms with Crippen molar-refractivity contribution in [2.24, 2.45) is 0 Å². The van der Waals surface area contributed by atoms with Gasteiger partial charge in [-0.1, -0.05) is 12.1 Å². The zero-order valence-corrected chi connectivity index (χ0v) is 13.2. The highest BCUT2D eigenvalue weighted by Gasteiger charge is 2.40. The lowest BCUT2D eigenvalue weighted by atomic mass is 10.0. The molecule has 0 bridgehead atoms. The van der Waals surface area contributed by atoms with E-state index in [-0.39, 0.29) is 25.5 Å². The van der Waals surface area contributed by atoms with Gasteiger partial charge in [0.15, 0.2) is 0 Å². The van der Waals surface area contributed by atoms with Gasteiger partial charge in [0, 0.05) is 13.1 Å². The fourth-order valence-corrected chi connectivity index (χ4v) is 2.93. The van der Waals surface area contributed by atoms with E-state index < -0.39 is 24.0 Å². The first-order chi connectivity index (χ1) is 11.8. The Morgan fingerprint density at radius 3 is 2.72 bits per heavy atom. The molecule has 1 atom stereocenters. The number of benzene rings is 1. The Morgan fingerprint density at radius 1 is 1.32 bits per heavy atom. The number of alkyl halides is 3. The van der Waals surface area contributed by atoms with Crippen LogP contribution in [0.25, 0.3) is 0 Å². The van der Waals surface area contributed by atoms with E-state index in [2.05, 4.69) is 10.2 Å². The Kier molecular flexibility index (Phi) is 4.38. The van der Waals surface area contributed by atoms with Gasteiger partial charge in [-0.25, -0.2) is 0 Å². The minimum Gasteiger partial charge on any atom is -0.497 e.